The van der Waals surface area contributed by atoms with Gasteiger partial charge in [0.15, 0.2) is 10.8 Å². The van der Waals surface area contributed by atoms with E-state index in [-0.39, 0.29) is 35.3 Å². The first-order chi connectivity index (χ1) is 17.1. The second kappa shape index (κ2) is 10.00. The van der Waals surface area contributed by atoms with Gasteiger partial charge in [0.05, 0.1) is 35.5 Å². The standard InChI is InChI=1S/C23H22F3N7O2S.ClH/c1-31-7-3-16(4-8-31)35-20-29-12-15(13-30-20)33-21(36)32(19(34)22(33)5-2-6-22)14-9-17(23(24,25)26)18(10-27)28-11-14;/h9,11-13,16H,2-8H2,1H3;1H. The van der Waals surface area contributed by atoms with Crippen LogP contribution >= 0.6 is 24.6 Å². The van der Waals surface area contributed by atoms with Crippen LogP contribution in [0.5, 0.6) is 6.01 Å². The van der Waals surface area contributed by atoms with Gasteiger partial charge in [0, 0.05) is 13.1 Å². The number of nitrogens with zero attached hydrogens (tertiary/aromatic N) is 7. The van der Waals surface area contributed by atoms with E-state index in [0.717, 1.165) is 49.5 Å². The molecule has 196 valence electrons. The first-order valence-electron chi connectivity index (χ1n) is 11.5. The monoisotopic (exact) mass is 553 g/mol. The lowest BCUT2D eigenvalue weighted by Crippen LogP contribution is -2.55. The second-order valence-electron chi connectivity index (χ2n) is 9.19. The zero-order valence-electron chi connectivity index (χ0n) is 19.7. The predicted octanol–water partition coefficient (Wildman–Crippen LogP) is 3.72. The Hall–Kier alpha value is -3.08. The van der Waals surface area contributed by atoms with Gasteiger partial charge in [0.2, 0.25) is 0 Å². The van der Waals surface area contributed by atoms with E-state index in [0.29, 0.717) is 18.5 Å². The van der Waals surface area contributed by atoms with Gasteiger partial charge >= 0.3 is 12.2 Å². The molecule has 0 aromatic carbocycles. The number of pyridine rings is 1. The van der Waals surface area contributed by atoms with Crippen LogP contribution in [-0.2, 0) is 11.0 Å². The molecule has 2 aromatic rings. The SMILES string of the molecule is CN1CCC(Oc2ncc(N3C(=S)N(c4cnc(C#N)c(C(F)(F)F)c4)C(=O)C34CCC4)cn2)CC1.Cl. The smallest absolute Gasteiger partial charge is 0.419 e. The molecule has 2 aliphatic heterocycles. The van der Waals surface area contributed by atoms with Crippen LogP contribution in [0.4, 0.5) is 24.5 Å². The van der Waals surface area contributed by atoms with Crippen molar-refractivity contribution < 1.29 is 22.7 Å². The van der Waals surface area contributed by atoms with Crippen LogP contribution in [0.2, 0.25) is 0 Å². The summed E-state index contributed by atoms with van der Waals surface area (Å²) in [4.78, 5) is 30.7. The fourth-order valence-corrected chi connectivity index (χ4v) is 5.30. The molecule has 14 heteroatoms. The molecular weight excluding hydrogens is 531 g/mol. The Morgan fingerprint density at radius 1 is 1.14 bits per heavy atom. The Bertz CT molecular complexity index is 1240. The largest absolute Gasteiger partial charge is 0.460 e. The van der Waals surface area contributed by atoms with Gasteiger partial charge in [-0.05, 0) is 57.4 Å². The summed E-state index contributed by atoms with van der Waals surface area (Å²) in [7, 11) is 2.05. The van der Waals surface area contributed by atoms with Gasteiger partial charge in [-0.2, -0.15) is 18.4 Å². The maximum atomic E-state index is 13.5. The molecule has 2 aromatic heterocycles. The molecule has 3 aliphatic rings. The molecule has 37 heavy (non-hydrogen) atoms. The number of halogens is 4. The highest BCUT2D eigenvalue weighted by atomic mass is 35.5. The molecule has 3 fully saturated rings. The van der Waals surface area contributed by atoms with E-state index in [1.165, 1.54) is 18.5 Å². The summed E-state index contributed by atoms with van der Waals surface area (Å²) in [6.07, 6.45) is 2.73. The van der Waals surface area contributed by atoms with Crippen molar-refractivity contribution in [2.75, 3.05) is 29.9 Å². The Kier molecular flexibility index (Phi) is 7.29. The number of anilines is 2. The molecule has 9 nitrogen and oxygen atoms in total. The number of hydrogen-bond donors (Lipinski definition) is 0. The van der Waals surface area contributed by atoms with Crippen LogP contribution in [0.25, 0.3) is 0 Å². The van der Waals surface area contributed by atoms with Crippen molar-refractivity contribution in [3.05, 3.63) is 35.9 Å². The minimum atomic E-state index is -4.82. The van der Waals surface area contributed by atoms with Gasteiger partial charge in [-0.15, -0.1) is 12.4 Å². The predicted molar refractivity (Wildman–Crippen MR) is 134 cm³/mol. The quantitative estimate of drug-likeness (QED) is 0.525. The summed E-state index contributed by atoms with van der Waals surface area (Å²) in [5.74, 6) is -0.440. The van der Waals surface area contributed by atoms with E-state index in [1.54, 1.807) is 4.90 Å². The number of hydrogen-bond acceptors (Lipinski definition) is 8. The fraction of sp³-hybridized carbons (Fsp3) is 0.478. The van der Waals surface area contributed by atoms with Crippen LogP contribution in [0.15, 0.2) is 24.7 Å². The van der Waals surface area contributed by atoms with Gasteiger partial charge in [-0.3, -0.25) is 14.6 Å². The number of likely N-dealkylation sites (tertiary alicyclic amines) is 1. The highest BCUT2D eigenvalue weighted by molar-refractivity contribution is 7.81. The third-order valence-corrected chi connectivity index (χ3v) is 7.31. The van der Waals surface area contributed by atoms with E-state index in [4.69, 9.17) is 22.2 Å². The van der Waals surface area contributed by atoms with Crippen LogP contribution in [0, 0.1) is 11.3 Å². The van der Waals surface area contributed by atoms with Crippen molar-refractivity contribution >= 4 is 47.0 Å². The number of carbonyl (C=O) groups excluding carboxylic acids is 1. The lowest BCUT2D eigenvalue weighted by atomic mass is 9.75. The first-order valence-corrected chi connectivity index (χ1v) is 11.9. The molecule has 1 saturated carbocycles. The number of amides is 1. The summed E-state index contributed by atoms with van der Waals surface area (Å²) in [5, 5.41) is 9.05. The van der Waals surface area contributed by atoms with E-state index in [9.17, 15) is 18.0 Å². The van der Waals surface area contributed by atoms with Crippen LogP contribution in [-0.4, -0.2) is 62.7 Å². The van der Waals surface area contributed by atoms with E-state index in [1.807, 2.05) is 0 Å². The maximum absolute atomic E-state index is 13.5. The average Bonchev–Trinajstić information content (AvgIpc) is 3.07. The third kappa shape index (κ3) is 4.69. The van der Waals surface area contributed by atoms with E-state index in [2.05, 4.69) is 26.9 Å². The van der Waals surface area contributed by atoms with Gasteiger partial charge in [0.25, 0.3) is 5.91 Å². The molecule has 0 radical (unpaired) electrons. The summed E-state index contributed by atoms with van der Waals surface area (Å²) in [6, 6.07) is 2.40. The molecule has 1 aliphatic carbocycles. The third-order valence-electron chi connectivity index (χ3n) is 6.95. The highest BCUT2D eigenvalue weighted by Gasteiger charge is 2.60. The molecule has 0 bridgehead atoms. The van der Waals surface area contributed by atoms with Crippen molar-refractivity contribution in [3.8, 4) is 12.1 Å². The van der Waals surface area contributed by atoms with Crippen molar-refractivity contribution in [1.29, 1.82) is 5.26 Å². The van der Waals surface area contributed by atoms with Gasteiger partial charge < -0.3 is 9.64 Å². The molecule has 0 unspecified atom stereocenters. The Morgan fingerprint density at radius 3 is 2.30 bits per heavy atom. The number of piperidine rings is 1. The molecule has 0 N–H and O–H groups in total. The van der Waals surface area contributed by atoms with Crippen molar-refractivity contribution in [2.45, 2.75) is 49.9 Å². The zero-order valence-corrected chi connectivity index (χ0v) is 21.4. The van der Waals surface area contributed by atoms with Crippen molar-refractivity contribution in [1.82, 2.24) is 19.9 Å². The van der Waals surface area contributed by atoms with E-state index < -0.39 is 28.9 Å². The summed E-state index contributed by atoms with van der Waals surface area (Å²) < 4.78 is 46.5. The fourth-order valence-electron chi connectivity index (χ4n) is 4.83. The van der Waals surface area contributed by atoms with Gasteiger partial charge in [-0.25, -0.2) is 15.0 Å². The lowest BCUT2D eigenvalue weighted by molar-refractivity contribution is -0.138. The van der Waals surface area contributed by atoms with E-state index >= 15 is 0 Å². The topological polar surface area (TPSA) is 98.5 Å². The van der Waals surface area contributed by atoms with Gasteiger partial charge in [-0.1, -0.05) is 0 Å². The Morgan fingerprint density at radius 2 is 1.76 bits per heavy atom. The number of alkyl halides is 3. The van der Waals surface area contributed by atoms with Crippen LogP contribution in [0.1, 0.15) is 43.4 Å². The molecular formula is C23H23ClF3N7O2S. The number of carbonyl (C=O) groups is 1. The van der Waals surface area contributed by atoms with Crippen LogP contribution < -0.4 is 14.5 Å². The molecule has 1 spiro atoms. The number of thiocarbonyl (C=S) groups is 1. The Balaban J connectivity index is 0.00000320. The minimum absolute atomic E-state index is 0. The van der Waals surface area contributed by atoms with Crippen molar-refractivity contribution in [2.24, 2.45) is 0 Å². The van der Waals surface area contributed by atoms with Gasteiger partial charge in [0.1, 0.15) is 17.7 Å². The number of nitriles is 1. The minimum Gasteiger partial charge on any atom is -0.460 e. The first kappa shape index (κ1) is 27.0. The molecule has 4 heterocycles. The summed E-state index contributed by atoms with van der Waals surface area (Å²) in [5.41, 5.74) is -2.72. The average molecular weight is 554 g/mol. The summed E-state index contributed by atoms with van der Waals surface area (Å²) in [6.45, 7) is 1.84. The number of aromatic nitrogens is 3. The van der Waals surface area contributed by atoms with Crippen molar-refractivity contribution in [3.63, 3.8) is 0 Å². The molecule has 5 rings (SSSR count). The highest BCUT2D eigenvalue weighted by Crippen LogP contribution is 2.48. The summed E-state index contributed by atoms with van der Waals surface area (Å²) >= 11 is 5.59. The number of ether oxygens (including phenoxy) is 1. The normalized spacial score (nSPS) is 20.0. The molecule has 0 atom stereocenters. The Labute approximate surface area is 222 Å². The zero-order chi connectivity index (χ0) is 25.7. The molecule has 2 saturated heterocycles. The second-order valence-corrected chi connectivity index (χ2v) is 9.55. The number of rotatable bonds is 4. The maximum Gasteiger partial charge on any atom is 0.419 e. The lowest BCUT2D eigenvalue weighted by Gasteiger charge is -2.42. The van der Waals surface area contributed by atoms with Crippen LogP contribution in [0.3, 0.4) is 0 Å². The molecule has 1 amide bonds.